The van der Waals surface area contributed by atoms with Crippen molar-refractivity contribution in [1.82, 2.24) is 9.97 Å². The Balaban J connectivity index is 2.33. The molecule has 1 aromatic carbocycles. The van der Waals surface area contributed by atoms with E-state index < -0.39 is 0 Å². The van der Waals surface area contributed by atoms with Crippen molar-refractivity contribution in [2.75, 3.05) is 0 Å². The third-order valence-electron chi connectivity index (χ3n) is 2.45. The molecule has 0 bridgehead atoms. The zero-order valence-corrected chi connectivity index (χ0v) is 11.6. The van der Waals surface area contributed by atoms with Crippen molar-refractivity contribution < 1.29 is 4.74 Å². The minimum Gasteiger partial charge on any atom is -0.439 e. The molecule has 88 valence electrons. The second-order valence-corrected chi connectivity index (χ2v) is 4.82. The van der Waals surface area contributed by atoms with Gasteiger partial charge in [-0.2, -0.15) is 0 Å². The Labute approximate surface area is 109 Å². The molecule has 4 heteroatoms. The maximum absolute atomic E-state index is 5.74. The van der Waals surface area contributed by atoms with Crippen LogP contribution in [-0.2, 0) is 0 Å². The van der Waals surface area contributed by atoms with Gasteiger partial charge in [-0.15, -0.1) is 0 Å². The van der Waals surface area contributed by atoms with Gasteiger partial charge in [0.05, 0.1) is 0 Å². The molecule has 0 fully saturated rings. The number of hydrogen-bond donors (Lipinski definition) is 0. The zero-order valence-electron chi connectivity index (χ0n) is 9.99. The number of ether oxygens (including phenoxy) is 1. The number of hydrogen-bond acceptors (Lipinski definition) is 3. The molecule has 0 radical (unpaired) electrons. The number of rotatable bonds is 2. The van der Waals surface area contributed by atoms with Crippen molar-refractivity contribution in [3.63, 3.8) is 0 Å². The summed E-state index contributed by atoms with van der Waals surface area (Å²) in [5.74, 6) is 1.37. The second kappa shape index (κ2) is 4.84. The number of halogens is 1. The normalized spacial score (nSPS) is 10.4. The minimum absolute atomic E-state index is 0.566. The van der Waals surface area contributed by atoms with Gasteiger partial charge in [-0.1, -0.05) is 22.0 Å². The largest absolute Gasteiger partial charge is 0.439 e. The van der Waals surface area contributed by atoms with Gasteiger partial charge < -0.3 is 4.74 Å². The maximum Gasteiger partial charge on any atom is 0.222 e. The molecule has 0 spiro atoms. The summed E-state index contributed by atoms with van der Waals surface area (Å²) in [4.78, 5) is 8.11. The Morgan fingerprint density at radius 3 is 2.47 bits per heavy atom. The van der Waals surface area contributed by atoms with E-state index >= 15 is 0 Å². The average molecular weight is 293 g/mol. The van der Waals surface area contributed by atoms with Crippen LogP contribution in [0.3, 0.4) is 0 Å². The molecule has 17 heavy (non-hydrogen) atoms. The van der Waals surface area contributed by atoms with E-state index in [1.807, 2.05) is 26.0 Å². The van der Waals surface area contributed by atoms with E-state index in [0.29, 0.717) is 5.88 Å². The van der Waals surface area contributed by atoms with Crippen molar-refractivity contribution in [3.05, 3.63) is 45.8 Å². The van der Waals surface area contributed by atoms with Crippen molar-refractivity contribution >= 4 is 15.9 Å². The molecule has 2 rings (SSSR count). The lowest BCUT2D eigenvalue weighted by molar-refractivity contribution is 0.457. The number of aryl methyl sites for hydroxylation is 3. The van der Waals surface area contributed by atoms with E-state index in [1.54, 1.807) is 0 Å². The highest BCUT2D eigenvalue weighted by Gasteiger charge is 2.06. The molecule has 0 amide bonds. The molecule has 0 N–H and O–H groups in total. The summed E-state index contributed by atoms with van der Waals surface area (Å²) in [6.07, 6.45) is 1.50. The van der Waals surface area contributed by atoms with Gasteiger partial charge in [-0.25, -0.2) is 9.97 Å². The fraction of sp³-hybridized carbons (Fsp3) is 0.231. The first-order chi connectivity index (χ1) is 8.06. The molecule has 3 nitrogen and oxygen atoms in total. The molecule has 0 unspecified atom stereocenters. The zero-order chi connectivity index (χ0) is 12.4. The Morgan fingerprint density at radius 2 is 1.76 bits per heavy atom. The first-order valence-electron chi connectivity index (χ1n) is 5.29. The standard InChI is InChI=1S/C13H13BrN2O/c1-8-4-9(2)12(6-11(8)14)17-13-5-10(3)15-7-16-13/h4-7H,1-3H3. The predicted octanol–water partition coefficient (Wildman–Crippen LogP) is 3.96. The molecular weight excluding hydrogens is 280 g/mol. The highest BCUT2D eigenvalue weighted by Crippen LogP contribution is 2.29. The lowest BCUT2D eigenvalue weighted by Crippen LogP contribution is -1.93. The third-order valence-corrected chi connectivity index (χ3v) is 3.30. The lowest BCUT2D eigenvalue weighted by atomic mass is 10.1. The topological polar surface area (TPSA) is 35.0 Å². The first-order valence-corrected chi connectivity index (χ1v) is 6.09. The van der Waals surface area contributed by atoms with Gasteiger partial charge in [0.1, 0.15) is 12.1 Å². The van der Waals surface area contributed by atoms with Crippen LogP contribution in [0.1, 0.15) is 16.8 Å². The van der Waals surface area contributed by atoms with E-state index in [9.17, 15) is 0 Å². The van der Waals surface area contributed by atoms with Crippen LogP contribution in [-0.4, -0.2) is 9.97 Å². The van der Waals surface area contributed by atoms with Gasteiger partial charge in [0.2, 0.25) is 5.88 Å². The Morgan fingerprint density at radius 1 is 1.00 bits per heavy atom. The fourth-order valence-electron chi connectivity index (χ4n) is 1.52. The van der Waals surface area contributed by atoms with Crippen LogP contribution in [0.5, 0.6) is 11.6 Å². The van der Waals surface area contributed by atoms with Crippen molar-refractivity contribution in [2.24, 2.45) is 0 Å². The summed E-state index contributed by atoms with van der Waals surface area (Å²) in [5, 5.41) is 0. The Bertz CT molecular complexity index is 555. The van der Waals surface area contributed by atoms with Gasteiger partial charge in [0.15, 0.2) is 0 Å². The van der Waals surface area contributed by atoms with Crippen LogP contribution in [0.2, 0.25) is 0 Å². The van der Waals surface area contributed by atoms with Crippen molar-refractivity contribution in [3.8, 4) is 11.6 Å². The summed E-state index contributed by atoms with van der Waals surface area (Å²) in [6, 6.07) is 5.85. The van der Waals surface area contributed by atoms with E-state index in [4.69, 9.17) is 4.74 Å². The molecule has 0 aliphatic heterocycles. The van der Waals surface area contributed by atoms with Crippen LogP contribution >= 0.6 is 15.9 Å². The Hall–Kier alpha value is -1.42. The smallest absolute Gasteiger partial charge is 0.222 e. The Kier molecular flexibility index (Phi) is 3.43. The van der Waals surface area contributed by atoms with E-state index in [0.717, 1.165) is 21.5 Å². The van der Waals surface area contributed by atoms with Gasteiger partial charge in [0, 0.05) is 16.2 Å². The molecule has 2 aromatic rings. The van der Waals surface area contributed by atoms with Crippen LogP contribution < -0.4 is 4.74 Å². The molecule has 1 heterocycles. The molecular formula is C13H13BrN2O. The monoisotopic (exact) mass is 292 g/mol. The van der Waals surface area contributed by atoms with E-state index in [1.165, 1.54) is 11.9 Å². The molecule has 0 aliphatic rings. The number of aromatic nitrogens is 2. The SMILES string of the molecule is Cc1cc(Oc2cc(Br)c(C)cc2C)ncn1. The third kappa shape index (κ3) is 2.82. The molecule has 0 atom stereocenters. The fourth-order valence-corrected chi connectivity index (χ4v) is 1.84. The summed E-state index contributed by atoms with van der Waals surface area (Å²) < 4.78 is 6.78. The molecule has 0 aliphatic carbocycles. The number of nitrogens with zero attached hydrogens (tertiary/aromatic N) is 2. The summed E-state index contributed by atoms with van der Waals surface area (Å²) in [5.41, 5.74) is 3.16. The van der Waals surface area contributed by atoms with Gasteiger partial charge in [-0.3, -0.25) is 0 Å². The van der Waals surface area contributed by atoms with Crippen LogP contribution in [0, 0.1) is 20.8 Å². The molecule has 1 aromatic heterocycles. The number of benzene rings is 1. The minimum atomic E-state index is 0.566. The molecule has 0 saturated carbocycles. The van der Waals surface area contributed by atoms with Crippen molar-refractivity contribution in [2.45, 2.75) is 20.8 Å². The van der Waals surface area contributed by atoms with Crippen LogP contribution in [0.25, 0.3) is 0 Å². The van der Waals surface area contributed by atoms with Crippen LogP contribution in [0.15, 0.2) is 29.0 Å². The second-order valence-electron chi connectivity index (χ2n) is 3.97. The highest BCUT2D eigenvalue weighted by atomic mass is 79.9. The first kappa shape index (κ1) is 12.0. The maximum atomic E-state index is 5.74. The van der Waals surface area contributed by atoms with Gasteiger partial charge in [0.25, 0.3) is 0 Å². The van der Waals surface area contributed by atoms with Gasteiger partial charge >= 0.3 is 0 Å². The summed E-state index contributed by atoms with van der Waals surface area (Å²) >= 11 is 3.50. The van der Waals surface area contributed by atoms with Crippen LogP contribution in [0.4, 0.5) is 0 Å². The summed E-state index contributed by atoms with van der Waals surface area (Å²) in [6.45, 7) is 5.98. The highest BCUT2D eigenvalue weighted by molar-refractivity contribution is 9.10. The van der Waals surface area contributed by atoms with Gasteiger partial charge in [-0.05, 0) is 38.0 Å². The average Bonchev–Trinajstić information content (AvgIpc) is 2.26. The quantitative estimate of drug-likeness (QED) is 0.840. The van der Waals surface area contributed by atoms with Crippen molar-refractivity contribution in [1.29, 1.82) is 0 Å². The predicted molar refractivity (Wildman–Crippen MR) is 70.5 cm³/mol. The van der Waals surface area contributed by atoms with E-state index in [2.05, 4.69) is 38.9 Å². The van der Waals surface area contributed by atoms with E-state index in [-0.39, 0.29) is 0 Å². The molecule has 0 saturated heterocycles. The summed E-state index contributed by atoms with van der Waals surface area (Å²) in [7, 11) is 0. The lowest BCUT2D eigenvalue weighted by Gasteiger charge is -2.10.